The van der Waals surface area contributed by atoms with Crippen molar-refractivity contribution in [3.63, 3.8) is 0 Å². The van der Waals surface area contributed by atoms with Crippen molar-refractivity contribution in [1.82, 2.24) is 15.6 Å². The highest BCUT2D eigenvalue weighted by Gasteiger charge is 2.23. The molecule has 0 radical (unpaired) electrons. The Morgan fingerprint density at radius 3 is 2.51 bits per heavy atom. The maximum atomic E-state index is 12.6. The number of anilines is 2. The van der Waals surface area contributed by atoms with Crippen molar-refractivity contribution in [2.45, 2.75) is 26.8 Å². The van der Waals surface area contributed by atoms with Crippen molar-refractivity contribution < 1.29 is 4.79 Å². The maximum Gasteiger partial charge on any atom is 0.242 e. The lowest BCUT2D eigenvalue weighted by molar-refractivity contribution is -0.117. The van der Waals surface area contributed by atoms with E-state index in [-0.39, 0.29) is 11.7 Å². The highest BCUT2D eigenvalue weighted by Crippen LogP contribution is 2.22. The van der Waals surface area contributed by atoms with Crippen molar-refractivity contribution in [3.8, 4) is 11.8 Å². The first-order valence-electron chi connectivity index (χ1n) is 11.7. The summed E-state index contributed by atoms with van der Waals surface area (Å²) in [5.74, 6) is 6.78. The molecule has 3 rings (SSSR count). The Kier molecular flexibility index (Phi) is 8.66. The number of amidine groups is 2. The van der Waals surface area contributed by atoms with Crippen LogP contribution in [-0.2, 0) is 4.79 Å². The lowest BCUT2D eigenvalue weighted by Crippen LogP contribution is -2.35. The Balaban J connectivity index is 2.16. The van der Waals surface area contributed by atoms with Crippen LogP contribution in [0.3, 0.4) is 0 Å². The molecule has 0 fully saturated rings. The zero-order valence-corrected chi connectivity index (χ0v) is 21.8. The van der Waals surface area contributed by atoms with E-state index >= 15 is 0 Å². The van der Waals surface area contributed by atoms with E-state index in [2.05, 4.69) is 48.1 Å². The number of carbonyl (C=O) groups excluding carboxylic acids is 1. The average Bonchev–Trinajstić information content (AvgIpc) is 2.90. The highest BCUT2D eigenvalue weighted by molar-refractivity contribution is 6.35. The summed E-state index contributed by atoms with van der Waals surface area (Å²) in [6, 6.07) is 8.60. The Labute approximate surface area is 216 Å². The molecule has 1 amide bonds. The topological polar surface area (TPSA) is 150 Å². The molecule has 10 nitrogen and oxygen atoms in total. The molecule has 0 bridgehead atoms. The fraction of sp³-hybridized carbons (Fsp3) is 0.259. The molecule has 37 heavy (non-hydrogen) atoms. The number of pyridine rings is 1. The number of nitrogens with zero attached hydrogens (tertiary/aromatic N) is 3. The van der Waals surface area contributed by atoms with Gasteiger partial charge in [0.1, 0.15) is 17.3 Å². The van der Waals surface area contributed by atoms with Crippen LogP contribution in [0.15, 0.2) is 51.6 Å². The average molecular weight is 498 g/mol. The Morgan fingerprint density at radius 1 is 1.11 bits per heavy atom. The number of allylic oxidation sites excluding steroid dienone is 1. The monoisotopic (exact) mass is 497 g/mol. The minimum atomic E-state index is -0.429. The summed E-state index contributed by atoms with van der Waals surface area (Å²) in [7, 11) is 5.27. The number of rotatable bonds is 7. The van der Waals surface area contributed by atoms with Crippen LogP contribution in [-0.4, -0.2) is 61.7 Å². The van der Waals surface area contributed by atoms with Crippen LogP contribution in [0, 0.1) is 22.7 Å². The molecule has 1 atom stereocenters. The number of aliphatic imine (C=N–C) groups is 2. The van der Waals surface area contributed by atoms with Crippen molar-refractivity contribution in [2.75, 3.05) is 31.8 Å². The number of aromatic nitrogens is 1. The number of nitrogens with one attached hydrogen (secondary N) is 6. The third-order valence-electron chi connectivity index (χ3n) is 5.76. The van der Waals surface area contributed by atoms with Gasteiger partial charge in [0.05, 0.1) is 17.3 Å². The van der Waals surface area contributed by atoms with E-state index in [0.29, 0.717) is 45.3 Å². The molecule has 1 aliphatic rings. The van der Waals surface area contributed by atoms with Crippen LogP contribution in [0.5, 0.6) is 0 Å². The number of hydrogen-bond donors (Lipinski definition) is 6. The van der Waals surface area contributed by atoms with Crippen LogP contribution < -0.4 is 21.3 Å². The first-order valence-corrected chi connectivity index (χ1v) is 11.7. The molecule has 1 aromatic heterocycles. The van der Waals surface area contributed by atoms with Gasteiger partial charge in [-0.1, -0.05) is 5.92 Å². The minimum Gasteiger partial charge on any atom is -0.391 e. The molecule has 10 heteroatoms. The molecule has 1 aromatic carbocycles. The number of benzene rings is 1. The van der Waals surface area contributed by atoms with Gasteiger partial charge in [0.15, 0.2) is 5.84 Å². The van der Waals surface area contributed by atoms with Crippen molar-refractivity contribution in [1.29, 1.82) is 10.8 Å². The molecule has 6 N–H and O–H groups in total. The summed E-state index contributed by atoms with van der Waals surface area (Å²) in [5.41, 5.74) is 5.14. The van der Waals surface area contributed by atoms with Crippen molar-refractivity contribution >= 4 is 41.0 Å². The van der Waals surface area contributed by atoms with Gasteiger partial charge in [-0.15, -0.1) is 0 Å². The summed E-state index contributed by atoms with van der Waals surface area (Å²) in [5, 5.41) is 28.0. The molecule has 190 valence electrons. The standard InChI is InChI=1S/C27H31N9O/c1-15(30-4)24-25(33-17(3)34-26(24)29)19-12-21(35-23(13-19)36-27(37)16(2)31-5)9-7-18-8-10-22(32-6)20(11-18)14-28/h8,10-14,16,28-32H,1-6H3,(H,35,36,37)/b24-15-,28-14?,29-26?. The number of carbonyl (C=O) groups is 1. The van der Waals surface area contributed by atoms with Crippen LogP contribution in [0.4, 0.5) is 11.5 Å². The van der Waals surface area contributed by atoms with Crippen LogP contribution in [0.1, 0.15) is 43.2 Å². The third kappa shape index (κ3) is 6.34. The van der Waals surface area contributed by atoms with Gasteiger partial charge in [-0.25, -0.2) is 15.0 Å². The molecule has 2 aromatic rings. The second-order valence-corrected chi connectivity index (χ2v) is 8.29. The van der Waals surface area contributed by atoms with Gasteiger partial charge >= 0.3 is 0 Å². The molecule has 1 aliphatic heterocycles. The Hall–Kier alpha value is -4.62. The molecular formula is C27H31N9O. The Morgan fingerprint density at radius 2 is 1.86 bits per heavy atom. The smallest absolute Gasteiger partial charge is 0.242 e. The van der Waals surface area contributed by atoms with E-state index in [1.54, 1.807) is 47.1 Å². The highest BCUT2D eigenvalue weighted by atomic mass is 16.2. The number of likely N-dealkylation sites (N-methyl/N-ethyl adjacent to an activating group) is 1. The van der Waals surface area contributed by atoms with E-state index < -0.39 is 6.04 Å². The largest absolute Gasteiger partial charge is 0.391 e. The normalized spacial score (nSPS) is 14.9. The van der Waals surface area contributed by atoms with Crippen LogP contribution in [0.2, 0.25) is 0 Å². The van der Waals surface area contributed by atoms with Crippen molar-refractivity contribution in [3.05, 3.63) is 64.0 Å². The molecule has 1 unspecified atom stereocenters. The van der Waals surface area contributed by atoms with Gasteiger partial charge in [0.2, 0.25) is 5.91 Å². The van der Waals surface area contributed by atoms with Crippen LogP contribution in [0.25, 0.3) is 0 Å². The molecule has 2 heterocycles. The second kappa shape index (κ2) is 11.9. The zero-order chi connectivity index (χ0) is 27.1. The summed E-state index contributed by atoms with van der Waals surface area (Å²) in [4.78, 5) is 26.0. The van der Waals surface area contributed by atoms with E-state index in [0.717, 1.165) is 11.4 Å². The predicted molar refractivity (Wildman–Crippen MR) is 150 cm³/mol. The second-order valence-electron chi connectivity index (χ2n) is 8.29. The lowest BCUT2D eigenvalue weighted by atomic mass is 9.98. The van der Waals surface area contributed by atoms with Crippen molar-refractivity contribution in [2.24, 2.45) is 9.98 Å². The molecular weight excluding hydrogens is 466 g/mol. The maximum absolute atomic E-state index is 12.6. The van der Waals surface area contributed by atoms with E-state index in [4.69, 9.17) is 10.8 Å². The van der Waals surface area contributed by atoms with Crippen LogP contribution >= 0.6 is 0 Å². The van der Waals surface area contributed by atoms with Gasteiger partial charge in [-0.05, 0) is 64.1 Å². The number of amides is 1. The van der Waals surface area contributed by atoms with Gasteiger partial charge < -0.3 is 26.7 Å². The van der Waals surface area contributed by atoms with E-state index in [1.165, 1.54) is 6.21 Å². The predicted octanol–water partition coefficient (Wildman–Crippen LogP) is 2.76. The summed E-state index contributed by atoms with van der Waals surface area (Å²) in [6.45, 7) is 5.33. The van der Waals surface area contributed by atoms with Gasteiger partial charge in [-0.2, -0.15) is 0 Å². The van der Waals surface area contributed by atoms with E-state index in [9.17, 15) is 4.79 Å². The SMILES string of the molecule is CN/C(C)=C1\C(=N)N=C(C)N=C1c1cc(C#Cc2ccc(NC)c(C=N)c2)nc(NC(=O)C(C)NC)c1. The summed E-state index contributed by atoms with van der Waals surface area (Å²) >= 11 is 0. The minimum absolute atomic E-state index is 0.0944. The lowest BCUT2D eigenvalue weighted by Gasteiger charge is -2.19. The molecule has 0 spiro atoms. The number of hydrogen-bond acceptors (Lipinski definition) is 8. The fourth-order valence-corrected chi connectivity index (χ4v) is 3.55. The molecule has 0 saturated carbocycles. The summed E-state index contributed by atoms with van der Waals surface area (Å²) in [6.07, 6.45) is 1.27. The van der Waals surface area contributed by atoms with Gasteiger partial charge in [0.25, 0.3) is 0 Å². The quantitative estimate of drug-likeness (QED) is 0.257. The molecule has 0 saturated heterocycles. The summed E-state index contributed by atoms with van der Waals surface area (Å²) < 4.78 is 0. The fourth-order valence-electron chi connectivity index (χ4n) is 3.55. The van der Waals surface area contributed by atoms with Gasteiger partial charge in [-0.3, -0.25) is 10.2 Å². The molecule has 0 aliphatic carbocycles. The van der Waals surface area contributed by atoms with E-state index in [1.807, 2.05) is 25.1 Å². The first-order chi connectivity index (χ1) is 17.7. The first kappa shape index (κ1) is 27.0. The third-order valence-corrected chi connectivity index (χ3v) is 5.76. The Bertz CT molecular complexity index is 1410. The zero-order valence-electron chi connectivity index (χ0n) is 21.8. The van der Waals surface area contributed by atoms with Gasteiger partial charge in [0, 0.05) is 48.4 Å².